The van der Waals surface area contributed by atoms with Gasteiger partial charge in [-0.1, -0.05) is 12.1 Å². The van der Waals surface area contributed by atoms with Crippen LogP contribution in [0.1, 0.15) is 28.5 Å². The van der Waals surface area contributed by atoms with Crippen LogP contribution in [0.4, 0.5) is 11.5 Å². The molecule has 1 aromatic heterocycles. The van der Waals surface area contributed by atoms with E-state index < -0.39 is 0 Å². The number of morpholine rings is 1. The van der Waals surface area contributed by atoms with Gasteiger partial charge < -0.3 is 20.3 Å². The molecule has 1 aromatic carbocycles. The van der Waals surface area contributed by atoms with Crippen molar-refractivity contribution >= 4 is 23.3 Å². The first kappa shape index (κ1) is 18.8. The molecule has 0 bridgehead atoms. The minimum Gasteiger partial charge on any atom is -0.378 e. The summed E-state index contributed by atoms with van der Waals surface area (Å²) in [5.74, 6) is 0.522. The quantitative estimate of drug-likeness (QED) is 0.845. The lowest BCUT2D eigenvalue weighted by molar-refractivity contribution is -0.114. The largest absolute Gasteiger partial charge is 0.378 e. The van der Waals surface area contributed by atoms with E-state index in [1.54, 1.807) is 12.1 Å². The SMILES string of the molecule is CC(=O)Nc1cc(C(=O)NCc2cccc(N3CCOCC3)n2)ccc1C. The van der Waals surface area contributed by atoms with Crippen molar-refractivity contribution in [3.05, 3.63) is 53.2 Å². The monoisotopic (exact) mass is 368 g/mol. The van der Waals surface area contributed by atoms with Gasteiger partial charge in [-0.15, -0.1) is 0 Å². The molecule has 1 aliphatic heterocycles. The van der Waals surface area contributed by atoms with Crippen LogP contribution in [0.3, 0.4) is 0 Å². The lowest BCUT2D eigenvalue weighted by Crippen LogP contribution is -2.37. The number of ether oxygens (including phenoxy) is 1. The van der Waals surface area contributed by atoms with Gasteiger partial charge in [0.15, 0.2) is 0 Å². The lowest BCUT2D eigenvalue weighted by Gasteiger charge is -2.28. The van der Waals surface area contributed by atoms with Gasteiger partial charge in [-0.05, 0) is 36.8 Å². The van der Waals surface area contributed by atoms with Crippen molar-refractivity contribution in [2.24, 2.45) is 0 Å². The summed E-state index contributed by atoms with van der Waals surface area (Å²) < 4.78 is 5.37. The fraction of sp³-hybridized carbons (Fsp3) is 0.350. The third-order valence-corrected chi connectivity index (χ3v) is 4.37. The molecular weight excluding hydrogens is 344 g/mol. The first-order valence-electron chi connectivity index (χ1n) is 8.98. The van der Waals surface area contributed by atoms with Gasteiger partial charge in [0.25, 0.3) is 5.91 Å². The average Bonchev–Trinajstić information content (AvgIpc) is 2.68. The van der Waals surface area contributed by atoms with E-state index in [0.717, 1.165) is 30.2 Å². The maximum absolute atomic E-state index is 12.5. The fourth-order valence-electron chi connectivity index (χ4n) is 2.89. The van der Waals surface area contributed by atoms with Crippen LogP contribution < -0.4 is 15.5 Å². The average molecular weight is 368 g/mol. The van der Waals surface area contributed by atoms with Crippen LogP contribution in [-0.2, 0) is 16.1 Å². The number of hydrogen-bond donors (Lipinski definition) is 2. The van der Waals surface area contributed by atoms with E-state index in [9.17, 15) is 9.59 Å². The predicted molar refractivity (Wildman–Crippen MR) is 104 cm³/mol. The molecule has 1 aliphatic rings. The molecule has 0 atom stereocenters. The van der Waals surface area contributed by atoms with Crippen molar-refractivity contribution < 1.29 is 14.3 Å². The molecular formula is C20H24N4O3. The van der Waals surface area contributed by atoms with Gasteiger partial charge in [0.1, 0.15) is 5.82 Å². The van der Waals surface area contributed by atoms with E-state index in [0.29, 0.717) is 31.0 Å². The zero-order valence-corrected chi connectivity index (χ0v) is 15.6. The second kappa shape index (κ2) is 8.64. The van der Waals surface area contributed by atoms with Gasteiger partial charge in [0.2, 0.25) is 5.91 Å². The van der Waals surface area contributed by atoms with E-state index in [2.05, 4.69) is 20.5 Å². The highest BCUT2D eigenvalue weighted by atomic mass is 16.5. The molecule has 0 radical (unpaired) electrons. The maximum Gasteiger partial charge on any atom is 0.251 e. The molecule has 27 heavy (non-hydrogen) atoms. The summed E-state index contributed by atoms with van der Waals surface area (Å²) in [6.07, 6.45) is 0. The standard InChI is InChI=1S/C20H24N4O3/c1-14-6-7-16(12-18(14)22-15(2)25)20(26)21-13-17-4-3-5-19(23-17)24-8-10-27-11-9-24/h3-7,12H,8-11,13H2,1-2H3,(H,21,26)(H,22,25). The highest BCUT2D eigenvalue weighted by molar-refractivity contribution is 5.97. The Morgan fingerprint density at radius 3 is 2.70 bits per heavy atom. The predicted octanol–water partition coefficient (Wildman–Crippen LogP) is 2.12. The van der Waals surface area contributed by atoms with Crippen molar-refractivity contribution in [3.8, 4) is 0 Å². The number of carbonyl (C=O) groups excluding carboxylic acids is 2. The van der Waals surface area contributed by atoms with Gasteiger partial charge in [-0.25, -0.2) is 4.98 Å². The van der Waals surface area contributed by atoms with Crippen LogP contribution in [0.15, 0.2) is 36.4 Å². The van der Waals surface area contributed by atoms with Crippen LogP contribution >= 0.6 is 0 Å². The highest BCUT2D eigenvalue weighted by Crippen LogP contribution is 2.17. The number of anilines is 2. The van der Waals surface area contributed by atoms with Crippen LogP contribution in [0, 0.1) is 6.92 Å². The molecule has 7 nitrogen and oxygen atoms in total. The van der Waals surface area contributed by atoms with Crippen molar-refractivity contribution in [2.75, 3.05) is 36.5 Å². The minimum absolute atomic E-state index is 0.167. The number of nitrogens with zero attached hydrogens (tertiary/aromatic N) is 2. The molecule has 0 saturated carbocycles. The van der Waals surface area contributed by atoms with E-state index in [1.165, 1.54) is 6.92 Å². The molecule has 3 rings (SSSR count). The summed E-state index contributed by atoms with van der Waals surface area (Å²) in [5.41, 5.74) is 2.83. The van der Waals surface area contributed by atoms with Crippen LogP contribution in [-0.4, -0.2) is 43.1 Å². The zero-order chi connectivity index (χ0) is 19.2. The molecule has 0 unspecified atom stereocenters. The first-order valence-corrected chi connectivity index (χ1v) is 8.98. The fourth-order valence-corrected chi connectivity index (χ4v) is 2.89. The van der Waals surface area contributed by atoms with Gasteiger partial charge in [0.05, 0.1) is 25.5 Å². The summed E-state index contributed by atoms with van der Waals surface area (Å²) in [6.45, 7) is 6.70. The normalized spacial score (nSPS) is 13.9. The Kier molecular flexibility index (Phi) is 6.03. The van der Waals surface area contributed by atoms with E-state index >= 15 is 0 Å². The molecule has 1 saturated heterocycles. The first-order chi connectivity index (χ1) is 13.0. The summed E-state index contributed by atoms with van der Waals surface area (Å²) in [5, 5.41) is 5.63. The van der Waals surface area contributed by atoms with E-state index in [-0.39, 0.29) is 11.8 Å². The number of carbonyl (C=O) groups is 2. The third kappa shape index (κ3) is 5.04. The van der Waals surface area contributed by atoms with Crippen LogP contribution in [0.25, 0.3) is 0 Å². The lowest BCUT2D eigenvalue weighted by atomic mass is 10.1. The number of aryl methyl sites for hydroxylation is 1. The molecule has 2 aromatic rings. The zero-order valence-electron chi connectivity index (χ0n) is 15.6. The summed E-state index contributed by atoms with van der Waals surface area (Å²) in [6, 6.07) is 11.0. The molecule has 142 valence electrons. The number of rotatable bonds is 5. The minimum atomic E-state index is -0.208. The molecule has 2 amide bonds. The van der Waals surface area contributed by atoms with E-state index in [4.69, 9.17) is 4.74 Å². The summed E-state index contributed by atoms with van der Waals surface area (Å²) in [4.78, 5) is 30.6. The van der Waals surface area contributed by atoms with Crippen molar-refractivity contribution in [2.45, 2.75) is 20.4 Å². The van der Waals surface area contributed by atoms with Crippen LogP contribution in [0.5, 0.6) is 0 Å². The topological polar surface area (TPSA) is 83.6 Å². The van der Waals surface area contributed by atoms with Crippen molar-refractivity contribution in [1.29, 1.82) is 0 Å². The molecule has 0 spiro atoms. The number of pyridine rings is 1. The Bertz CT molecular complexity index is 832. The Hall–Kier alpha value is -2.93. The number of aromatic nitrogens is 1. The van der Waals surface area contributed by atoms with Gasteiger partial charge >= 0.3 is 0 Å². The number of benzene rings is 1. The third-order valence-electron chi connectivity index (χ3n) is 4.37. The van der Waals surface area contributed by atoms with Crippen molar-refractivity contribution in [1.82, 2.24) is 10.3 Å². The van der Waals surface area contributed by atoms with Gasteiger partial charge in [0, 0.05) is 31.3 Å². The summed E-state index contributed by atoms with van der Waals surface area (Å²) in [7, 11) is 0. The molecule has 1 fully saturated rings. The van der Waals surface area contributed by atoms with Gasteiger partial charge in [-0.3, -0.25) is 9.59 Å². The maximum atomic E-state index is 12.5. The molecule has 2 N–H and O–H groups in total. The Labute approximate surface area is 158 Å². The molecule has 2 heterocycles. The second-order valence-corrected chi connectivity index (χ2v) is 6.48. The Morgan fingerprint density at radius 2 is 1.96 bits per heavy atom. The smallest absolute Gasteiger partial charge is 0.251 e. The Morgan fingerprint density at radius 1 is 1.19 bits per heavy atom. The van der Waals surface area contributed by atoms with Crippen molar-refractivity contribution in [3.63, 3.8) is 0 Å². The molecule has 7 heteroatoms. The highest BCUT2D eigenvalue weighted by Gasteiger charge is 2.13. The Balaban J connectivity index is 1.64. The number of hydrogen-bond acceptors (Lipinski definition) is 5. The van der Waals surface area contributed by atoms with Crippen LogP contribution in [0.2, 0.25) is 0 Å². The summed E-state index contributed by atoms with van der Waals surface area (Å²) >= 11 is 0. The van der Waals surface area contributed by atoms with E-state index in [1.807, 2.05) is 31.2 Å². The number of nitrogens with one attached hydrogen (secondary N) is 2. The van der Waals surface area contributed by atoms with Gasteiger partial charge in [-0.2, -0.15) is 0 Å². The second-order valence-electron chi connectivity index (χ2n) is 6.48. The molecule has 0 aliphatic carbocycles. The number of amides is 2.